The van der Waals surface area contributed by atoms with Crippen molar-refractivity contribution in [2.45, 2.75) is 74.9 Å². The van der Waals surface area contributed by atoms with E-state index in [9.17, 15) is 24.6 Å². The van der Waals surface area contributed by atoms with Crippen molar-refractivity contribution in [3.63, 3.8) is 0 Å². The summed E-state index contributed by atoms with van der Waals surface area (Å²) >= 11 is 0. The SMILES string of the molecule is CCC(=O)N[C@H]1C[C@@H](n2cnc3c(NCC(c4ccccc4)c4ccccc4)nc(N4CC[C@@H](NC(=O)N[C@@H]5CCN(C(=O)Nc6cccnc6)C5)C4)nc32)[C@H](O)[C@@H]1O.Cl. The van der Waals surface area contributed by atoms with E-state index in [0.717, 1.165) is 11.1 Å². The third-order valence-corrected chi connectivity index (χ3v) is 11.5. The molecular formula is C42H51ClN12O5. The van der Waals surface area contributed by atoms with E-state index in [1.807, 2.05) is 41.3 Å². The van der Waals surface area contributed by atoms with Crippen LogP contribution in [0.2, 0.25) is 0 Å². The largest absolute Gasteiger partial charge is 0.388 e. The Bertz CT molecular complexity index is 2200. The summed E-state index contributed by atoms with van der Waals surface area (Å²) in [5, 5.41) is 37.6. The molecule has 6 atom stereocenters. The Morgan fingerprint density at radius 1 is 0.850 bits per heavy atom. The number of carbonyl (C=O) groups is 3. The second-order valence-corrected chi connectivity index (χ2v) is 15.4. The second kappa shape index (κ2) is 18.9. The normalized spacial score (nSPS) is 22.4. The number of anilines is 3. The molecule has 2 saturated heterocycles. The number of hydrogen-bond acceptors (Lipinski definition) is 11. The number of aliphatic hydroxyl groups is 2. The molecule has 2 aromatic carbocycles. The molecule has 3 aliphatic rings. The predicted molar refractivity (Wildman–Crippen MR) is 229 cm³/mol. The third-order valence-electron chi connectivity index (χ3n) is 11.5. The van der Waals surface area contributed by atoms with Crippen molar-refractivity contribution < 1.29 is 24.6 Å². The van der Waals surface area contributed by atoms with Crippen molar-refractivity contribution in [2.24, 2.45) is 0 Å². The number of amides is 5. The number of halogens is 1. The number of carbonyl (C=O) groups excluding carboxylic acids is 3. The van der Waals surface area contributed by atoms with Gasteiger partial charge >= 0.3 is 12.1 Å². The van der Waals surface area contributed by atoms with Gasteiger partial charge in [0.15, 0.2) is 17.0 Å². The number of pyridine rings is 1. The van der Waals surface area contributed by atoms with Crippen molar-refractivity contribution >= 4 is 59.0 Å². The van der Waals surface area contributed by atoms with E-state index in [0.29, 0.717) is 74.2 Å². The maximum absolute atomic E-state index is 13.2. The van der Waals surface area contributed by atoms with E-state index in [4.69, 9.17) is 15.0 Å². The maximum atomic E-state index is 13.2. The van der Waals surface area contributed by atoms with Crippen LogP contribution in [0.5, 0.6) is 0 Å². The molecule has 5 amide bonds. The van der Waals surface area contributed by atoms with E-state index in [-0.39, 0.29) is 61.2 Å². The average Bonchev–Trinajstić information content (AvgIpc) is 4.07. The van der Waals surface area contributed by atoms with Gasteiger partial charge in [-0.05, 0) is 42.5 Å². The maximum Gasteiger partial charge on any atom is 0.321 e. The van der Waals surface area contributed by atoms with Gasteiger partial charge in [0.2, 0.25) is 11.9 Å². The van der Waals surface area contributed by atoms with Crippen molar-refractivity contribution in [3.8, 4) is 0 Å². The van der Waals surface area contributed by atoms with Crippen LogP contribution in [0.4, 0.5) is 27.0 Å². The van der Waals surface area contributed by atoms with Gasteiger partial charge in [0.05, 0.1) is 30.3 Å². The van der Waals surface area contributed by atoms with Gasteiger partial charge in [-0.2, -0.15) is 9.97 Å². The minimum atomic E-state index is -1.17. The molecule has 316 valence electrons. The highest BCUT2D eigenvalue weighted by Gasteiger charge is 2.44. The molecule has 2 aliphatic heterocycles. The number of likely N-dealkylation sites (tertiary alicyclic amines) is 1. The lowest BCUT2D eigenvalue weighted by Crippen LogP contribution is -2.48. The van der Waals surface area contributed by atoms with E-state index in [2.05, 4.69) is 55.8 Å². The molecule has 5 aromatic rings. The summed E-state index contributed by atoms with van der Waals surface area (Å²) in [5.74, 6) is 0.721. The third kappa shape index (κ3) is 9.38. The number of nitrogens with zero attached hydrogens (tertiary/aromatic N) is 7. The fourth-order valence-corrected chi connectivity index (χ4v) is 8.32. The molecule has 5 heterocycles. The molecule has 0 bridgehead atoms. The highest BCUT2D eigenvalue weighted by atomic mass is 35.5. The number of fused-ring (bicyclic) bond motifs is 1. The molecular weight excluding hydrogens is 788 g/mol. The minimum Gasteiger partial charge on any atom is -0.388 e. The quantitative estimate of drug-likeness (QED) is 0.0964. The Morgan fingerprint density at radius 3 is 2.23 bits per heavy atom. The first-order valence-electron chi connectivity index (χ1n) is 20.3. The first-order valence-corrected chi connectivity index (χ1v) is 20.3. The molecule has 17 nitrogen and oxygen atoms in total. The molecule has 0 spiro atoms. The van der Waals surface area contributed by atoms with Crippen LogP contribution in [0.1, 0.15) is 55.7 Å². The number of hydrogen-bond donors (Lipinski definition) is 7. The van der Waals surface area contributed by atoms with Crippen LogP contribution in [0.15, 0.2) is 91.5 Å². The summed E-state index contributed by atoms with van der Waals surface area (Å²) in [5.41, 5.74) is 3.85. The van der Waals surface area contributed by atoms with E-state index < -0.39 is 24.3 Å². The number of rotatable bonds is 12. The number of benzene rings is 2. The molecule has 3 aromatic heterocycles. The Hall–Kier alpha value is -6.04. The van der Waals surface area contributed by atoms with Gasteiger partial charge in [0.1, 0.15) is 12.2 Å². The molecule has 18 heteroatoms. The van der Waals surface area contributed by atoms with Crippen LogP contribution in [-0.2, 0) is 4.79 Å². The zero-order valence-electron chi connectivity index (χ0n) is 33.2. The highest BCUT2D eigenvalue weighted by molar-refractivity contribution is 5.89. The fraction of sp³-hybridized carbons (Fsp3) is 0.405. The molecule has 7 N–H and O–H groups in total. The first kappa shape index (κ1) is 42.1. The van der Waals surface area contributed by atoms with Crippen LogP contribution >= 0.6 is 12.4 Å². The van der Waals surface area contributed by atoms with Crippen molar-refractivity contribution in [1.82, 2.24) is 45.4 Å². The van der Waals surface area contributed by atoms with Crippen LogP contribution in [0.3, 0.4) is 0 Å². The highest BCUT2D eigenvalue weighted by Crippen LogP contribution is 2.35. The summed E-state index contributed by atoms with van der Waals surface area (Å²) in [4.78, 5) is 60.7. The molecule has 1 saturated carbocycles. The Labute approximate surface area is 353 Å². The van der Waals surface area contributed by atoms with Gasteiger partial charge in [-0.25, -0.2) is 14.6 Å². The van der Waals surface area contributed by atoms with Gasteiger partial charge in [-0.15, -0.1) is 12.4 Å². The minimum absolute atomic E-state index is 0. The summed E-state index contributed by atoms with van der Waals surface area (Å²) < 4.78 is 1.77. The van der Waals surface area contributed by atoms with Gasteiger partial charge in [0, 0.05) is 63.3 Å². The van der Waals surface area contributed by atoms with Gasteiger partial charge in [-0.1, -0.05) is 67.6 Å². The van der Waals surface area contributed by atoms with Crippen molar-refractivity contribution in [3.05, 3.63) is 103 Å². The number of aromatic nitrogens is 5. The Balaban J connectivity index is 0.00000544. The van der Waals surface area contributed by atoms with Gasteiger partial charge in [-0.3, -0.25) is 9.78 Å². The molecule has 0 radical (unpaired) electrons. The molecule has 1 aliphatic carbocycles. The molecule has 60 heavy (non-hydrogen) atoms. The zero-order valence-corrected chi connectivity index (χ0v) is 34.0. The van der Waals surface area contributed by atoms with E-state index in [1.165, 1.54) is 0 Å². The number of nitrogens with one attached hydrogen (secondary N) is 5. The lowest BCUT2D eigenvalue weighted by atomic mass is 9.91. The standard InChI is InChI=1S/C42H50N12O5.ClH/c1-2-34(55)49-32-20-33(37(57)36(32)56)54-25-45-35-38(44-22-31(26-10-5-3-6-11-26)27-12-7-4-8-13-27)50-40(51-39(35)54)52-18-15-29(23-52)46-41(58)47-30-16-19-53(24-30)42(59)48-28-14-9-17-43-21-28;/h3-14,17,21,25,29-33,36-37,56-57H,2,15-16,18-20,22-24H2,1H3,(H,48,59)(H,49,55)(H,44,50,51)(H2,46,47,58);1H/t29-,30-,32+,33-,36-,37+;/m1./s1. The smallest absolute Gasteiger partial charge is 0.321 e. The fourth-order valence-electron chi connectivity index (χ4n) is 8.32. The van der Waals surface area contributed by atoms with Gasteiger partial charge < -0.3 is 51.2 Å². The Morgan fingerprint density at radius 2 is 1.55 bits per heavy atom. The molecule has 8 rings (SSSR count). The summed E-state index contributed by atoms with van der Waals surface area (Å²) in [7, 11) is 0. The van der Waals surface area contributed by atoms with E-state index in [1.54, 1.807) is 47.2 Å². The molecule has 3 fully saturated rings. The second-order valence-electron chi connectivity index (χ2n) is 15.4. The number of imidazole rings is 1. The first-order chi connectivity index (χ1) is 28.7. The lowest BCUT2D eigenvalue weighted by molar-refractivity contribution is -0.122. The van der Waals surface area contributed by atoms with E-state index >= 15 is 0 Å². The molecule has 0 unspecified atom stereocenters. The summed E-state index contributed by atoms with van der Waals surface area (Å²) in [6.45, 7) is 4.16. The zero-order chi connectivity index (χ0) is 40.9. The van der Waals surface area contributed by atoms with Crippen LogP contribution in [0, 0.1) is 0 Å². The Kier molecular flexibility index (Phi) is 13.3. The van der Waals surface area contributed by atoms with Crippen LogP contribution in [-0.4, -0.2) is 121 Å². The van der Waals surface area contributed by atoms with Crippen molar-refractivity contribution in [2.75, 3.05) is 48.3 Å². The number of aliphatic hydroxyl groups excluding tert-OH is 2. The van der Waals surface area contributed by atoms with Crippen LogP contribution in [0.25, 0.3) is 11.2 Å². The lowest BCUT2D eigenvalue weighted by Gasteiger charge is -2.22. The predicted octanol–water partition coefficient (Wildman–Crippen LogP) is 3.63. The van der Waals surface area contributed by atoms with Crippen LogP contribution < -0.4 is 31.5 Å². The van der Waals surface area contributed by atoms with Gasteiger partial charge in [0.25, 0.3) is 0 Å². The average molecular weight is 839 g/mol. The van der Waals surface area contributed by atoms with Crippen molar-refractivity contribution in [1.29, 1.82) is 0 Å². The summed E-state index contributed by atoms with van der Waals surface area (Å²) in [6, 6.07) is 21.8. The monoisotopic (exact) mass is 838 g/mol. The topological polar surface area (TPSA) is 215 Å². The summed E-state index contributed by atoms with van der Waals surface area (Å²) in [6.07, 6.45) is 4.31. The number of urea groups is 2.